The highest BCUT2D eigenvalue weighted by molar-refractivity contribution is 7.19. The van der Waals surface area contributed by atoms with E-state index in [0.29, 0.717) is 32.4 Å². The van der Waals surface area contributed by atoms with Crippen LogP contribution in [-0.4, -0.2) is 15.0 Å². The minimum Gasteiger partial charge on any atom is -0.375 e. The number of aromatic nitrogens is 3. The molecule has 0 spiro atoms. The first-order valence-electron chi connectivity index (χ1n) is 7.08. The van der Waals surface area contributed by atoms with E-state index in [-0.39, 0.29) is 0 Å². The molecule has 0 fully saturated rings. The number of aromatic amines is 1. The molecule has 2 aromatic carbocycles. The molecule has 4 rings (SSSR count). The molecule has 0 bridgehead atoms. The lowest BCUT2D eigenvalue weighted by Gasteiger charge is -1.93. The van der Waals surface area contributed by atoms with Gasteiger partial charge in [-0.1, -0.05) is 35.1 Å². The van der Waals surface area contributed by atoms with Gasteiger partial charge in [0.15, 0.2) is 16.0 Å². The van der Waals surface area contributed by atoms with Crippen LogP contribution < -0.4 is 5.73 Å². The number of hydrogen-bond acceptors (Lipinski definition) is 6. The summed E-state index contributed by atoms with van der Waals surface area (Å²) < 4.78 is 0. The van der Waals surface area contributed by atoms with Gasteiger partial charge in [-0.05, 0) is 36.4 Å². The van der Waals surface area contributed by atoms with Crippen LogP contribution in [0, 0.1) is 0 Å². The topological polar surface area (TPSA) is 92.3 Å². The predicted molar refractivity (Wildman–Crippen MR) is 97.2 cm³/mol. The number of H-pyrrole nitrogens is 1. The number of anilines is 1. The van der Waals surface area contributed by atoms with Gasteiger partial charge in [0.05, 0.1) is 16.7 Å². The van der Waals surface area contributed by atoms with Gasteiger partial charge in [0, 0.05) is 5.02 Å². The highest BCUT2D eigenvalue weighted by atomic mass is 35.5. The van der Waals surface area contributed by atoms with Gasteiger partial charge >= 0.3 is 0 Å². The summed E-state index contributed by atoms with van der Waals surface area (Å²) in [4.78, 5) is 12.1. The van der Waals surface area contributed by atoms with Gasteiger partial charge in [0.2, 0.25) is 0 Å². The molecule has 3 N–H and O–H groups in total. The lowest BCUT2D eigenvalue weighted by Crippen LogP contribution is -1.84. The lowest BCUT2D eigenvalue weighted by atomic mass is 10.3. The Morgan fingerprint density at radius 1 is 1.00 bits per heavy atom. The van der Waals surface area contributed by atoms with E-state index in [4.69, 9.17) is 17.3 Å². The zero-order chi connectivity index (χ0) is 16.5. The Hall–Kier alpha value is -2.77. The number of imidazole rings is 1. The number of rotatable bonds is 3. The third-order valence-electron chi connectivity index (χ3n) is 3.32. The van der Waals surface area contributed by atoms with E-state index in [1.807, 2.05) is 24.3 Å². The number of benzene rings is 2. The van der Waals surface area contributed by atoms with Gasteiger partial charge in [-0.3, -0.25) is 0 Å². The summed E-state index contributed by atoms with van der Waals surface area (Å²) in [7, 11) is 0. The number of para-hydroxylation sites is 2. The maximum atomic E-state index is 5.87. The molecule has 0 saturated heterocycles. The zero-order valence-electron chi connectivity index (χ0n) is 12.3. The minimum atomic E-state index is 0.413. The number of nitrogen functional groups attached to an aromatic ring is 1. The van der Waals surface area contributed by atoms with Crippen LogP contribution in [0.2, 0.25) is 5.02 Å². The van der Waals surface area contributed by atoms with Gasteiger partial charge in [0.1, 0.15) is 5.69 Å². The van der Waals surface area contributed by atoms with Gasteiger partial charge in [-0.25, -0.2) is 9.97 Å². The Balaban J connectivity index is 1.73. The normalized spacial score (nSPS) is 11.5. The standard InChI is InChI=1S/C16H11ClN6S/c17-9-5-7-10(8-6-9)22-23-15-13(21-16(18)24-15)14-19-11-3-1-2-4-12(11)20-14/h1-8H,(H2,18,21)(H,19,20). The second kappa shape index (κ2) is 6.03. The summed E-state index contributed by atoms with van der Waals surface area (Å²) in [6, 6.07) is 14.9. The quantitative estimate of drug-likeness (QED) is 0.486. The Morgan fingerprint density at radius 3 is 2.58 bits per heavy atom. The molecule has 0 aliphatic rings. The molecule has 118 valence electrons. The third-order valence-corrected chi connectivity index (χ3v) is 4.34. The number of thiazole rings is 1. The highest BCUT2D eigenvalue weighted by Gasteiger charge is 2.15. The molecule has 0 amide bonds. The first kappa shape index (κ1) is 14.8. The van der Waals surface area contributed by atoms with Crippen molar-refractivity contribution in [3.05, 3.63) is 53.6 Å². The molecule has 6 nitrogen and oxygen atoms in total. The van der Waals surface area contributed by atoms with Gasteiger partial charge in [0.25, 0.3) is 0 Å². The fourth-order valence-corrected chi connectivity index (χ4v) is 3.01. The van der Waals surface area contributed by atoms with E-state index in [1.54, 1.807) is 24.3 Å². The molecular weight excluding hydrogens is 344 g/mol. The zero-order valence-corrected chi connectivity index (χ0v) is 13.8. The van der Waals surface area contributed by atoms with Crippen LogP contribution in [0.5, 0.6) is 0 Å². The Labute approximate surface area is 146 Å². The fourth-order valence-electron chi connectivity index (χ4n) is 2.23. The summed E-state index contributed by atoms with van der Waals surface area (Å²) in [5.74, 6) is 0.620. The van der Waals surface area contributed by atoms with Gasteiger partial charge in [-0.2, -0.15) is 0 Å². The molecule has 8 heteroatoms. The van der Waals surface area contributed by atoms with Crippen molar-refractivity contribution in [3.63, 3.8) is 0 Å². The monoisotopic (exact) mass is 354 g/mol. The average Bonchev–Trinajstić information content (AvgIpc) is 3.17. The molecule has 0 aliphatic carbocycles. The fraction of sp³-hybridized carbons (Fsp3) is 0. The Kier molecular flexibility index (Phi) is 3.72. The van der Waals surface area contributed by atoms with Crippen molar-refractivity contribution in [2.45, 2.75) is 0 Å². The molecule has 2 aromatic heterocycles. The van der Waals surface area contributed by atoms with Crippen molar-refractivity contribution >= 4 is 49.8 Å². The van der Waals surface area contributed by atoms with Crippen molar-refractivity contribution < 1.29 is 0 Å². The molecule has 2 heterocycles. The van der Waals surface area contributed by atoms with Crippen molar-refractivity contribution in [1.29, 1.82) is 0 Å². The maximum absolute atomic E-state index is 5.87. The van der Waals surface area contributed by atoms with Crippen LogP contribution in [0.25, 0.3) is 22.6 Å². The Bertz CT molecular complexity index is 1000. The van der Waals surface area contributed by atoms with E-state index >= 15 is 0 Å². The van der Waals surface area contributed by atoms with Crippen LogP contribution in [-0.2, 0) is 0 Å². The third kappa shape index (κ3) is 2.86. The van der Waals surface area contributed by atoms with E-state index in [0.717, 1.165) is 11.0 Å². The number of nitrogens with zero attached hydrogens (tertiary/aromatic N) is 4. The van der Waals surface area contributed by atoms with Crippen molar-refractivity contribution in [2.24, 2.45) is 10.2 Å². The van der Waals surface area contributed by atoms with Gasteiger partial charge in [-0.15, -0.1) is 10.2 Å². The summed E-state index contributed by atoms with van der Waals surface area (Å²) >= 11 is 7.13. The number of hydrogen-bond donors (Lipinski definition) is 2. The molecular formula is C16H11ClN6S. The average molecular weight is 355 g/mol. The minimum absolute atomic E-state index is 0.413. The summed E-state index contributed by atoms with van der Waals surface area (Å²) in [6.07, 6.45) is 0. The van der Waals surface area contributed by atoms with Crippen LogP contribution in [0.4, 0.5) is 15.8 Å². The highest BCUT2D eigenvalue weighted by Crippen LogP contribution is 2.37. The molecule has 0 saturated carbocycles. The van der Waals surface area contributed by atoms with E-state index in [9.17, 15) is 0 Å². The smallest absolute Gasteiger partial charge is 0.182 e. The molecule has 0 atom stereocenters. The van der Waals surface area contributed by atoms with Crippen LogP contribution in [0.15, 0.2) is 58.8 Å². The van der Waals surface area contributed by atoms with Crippen molar-refractivity contribution in [3.8, 4) is 11.5 Å². The summed E-state index contributed by atoms with van der Waals surface area (Å²) in [5.41, 5.74) is 8.92. The predicted octanol–water partition coefficient (Wildman–Crippen LogP) is 5.34. The van der Waals surface area contributed by atoms with Crippen LogP contribution in [0.1, 0.15) is 0 Å². The first-order chi connectivity index (χ1) is 11.7. The molecule has 24 heavy (non-hydrogen) atoms. The molecule has 0 radical (unpaired) electrons. The van der Waals surface area contributed by atoms with Gasteiger partial charge < -0.3 is 10.7 Å². The summed E-state index contributed by atoms with van der Waals surface area (Å²) in [6.45, 7) is 0. The van der Waals surface area contributed by atoms with Crippen LogP contribution in [0.3, 0.4) is 0 Å². The second-order valence-corrected chi connectivity index (χ2v) is 6.43. The number of nitrogens with two attached hydrogens (primary N) is 1. The molecule has 0 unspecified atom stereocenters. The first-order valence-corrected chi connectivity index (χ1v) is 8.27. The number of halogens is 1. The number of fused-ring (bicyclic) bond motifs is 1. The van der Waals surface area contributed by atoms with E-state index in [2.05, 4.69) is 25.2 Å². The Morgan fingerprint density at radius 2 is 1.79 bits per heavy atom. The number of nitrogens with one attached hydrogen (secondary N) is 1. The SMILES string of the molecule is Nc1nc(-c2nc3ccccc3[nH]2)c(N=Nc2ccc(Cl)cc2)s1. The van der Waals surface area contributed by atoms with Crippen molar-refractivity contribution in [1.82, 2.24) is 15.0 Å². The van der Waals surface area contributed by atoms with E-state index < -0.39 is 0 Å². The lowest BCUT2D eigenvalue weighted by molar-refractivity contribution is 1.22. The summed E-state index contributed by atoms with van der Waals surface area (Å²) in [5, 5.41) is 10.1. The second-order valence-electron chi connectivity index (χ2n) is 4.98. The van der Waals surface area contributed by atoms with E-state index in [1.165, 1.54) is 11.3 Å². The van der Waals surface area contributed by atoms with Crippen LogP contribution >= 0.6 is 22.9 Å². The molecule has 4 aromatic rings. The maximum Gasteiger partial charge on any atom is 0.182 e. The largest absolute Gasteiger partial charge is 0.375 e. The number of azo groups is 1. The molecule has 0 aliphatic heterocycles. The van der Waals surface area contributed by atoms with Crippen molar-refractivity contribution in [2.75, 3.05) is 5.73 Å².